The lowest BCUT2D eigenvalue weighted by Gasteiger charge is -2.27. The second-order valence-electron chi connectivity index (χ2n) is 4.73. The van der Waals surface area contributed by atoms with Crippen LogP contribution in [-0.4, -0.2) is 55.1 Å². The summed E-state index contributed by atoms with van der Waals surface area (Å²) in [5.41, 5.74) is 0.591. The van der Waals surface area contributed by atoms with E-state index in [-0.39, 0.29) is 17.0 Å². The summed E-state index contributed by atoms with van der Waals surface area (Å²) in [6.45, 7) is 7.15. The molecule has 0 radical (unpaired) electrons. The SMILES string of the molecule is Cc1ccc(C(=O)NCCN2CCNCC2)c(=O)[nH]1. The highest BCUT2D eigenvalue weighted by molar-refractivity contribution is 5.93. The molecule has 1 fully saturated rings. The van der Waals surface area contributed by atoms with Gasteiger partial charge in [0, 0.05) is 45.0 Å². The summed E-state index contributed by atoms with van der Waals surface area (Å²) in [7, 11) is 0. The van der Waals surface area contributed by atoms with Gasteiger partial charge < -0.3 is 15.6 Å². The molecule has 0 spiro atoms. The molecule has 6 nitrogen and oxygen atoms in total. The van der Waals surface area contributed by atoms with Gasteiger partial charge in [-0.3, -0.25) is 14.5 Å². The molecule has 0 aromatic carbocycles. The molecule has 1 saturated heterocycles. The first kappa shape index (κ1) is 13.8. The second kappa shape index (κ2) is 6.49. The number of amides is 1. The Labute approximate surface area is 112 Å². The molecule has 6 heteroatoms. The smallest absolute Gasteiger partial charge is 0.260 e. The molecular weight excluding hydrogens is 244 g/mol. The monoisotopic (exact) mass is 264 g/mol. The van der Waals surface area contributed by atoms with Crippen molar-refractivity contribution in [3.05, 3.63) is 33.7 Å². The minimum Gasteiger partial charge on any atom is -0.351 e. The molecule has 1 amide bonds. The van der Waals surface area contributed by atoms with Crippen molar-refractivity contribution in [1.29, 1.82) is 0 Å². The van der Waals surface area contributed by atoms with E-state index in [1.165, 1.54) is 0 Å². The number of aromatic amines is 1. The maximum Gasteiger partial charge on any atom is 0.260 e. The topological polar surface area (TPSA) is 77.2 Å². The van der Waals surface area contributed by atoms with E-state index in [4.69, 9.17) is 0 Å². The Morgan fingerprint density at radius 1 is 1.37 bits per heavy atom. The predicted octanol–water partition coefficient (Wildman–Crippen LogP) is -0.682. The third-order valence-corrected chi connectivity index (χ3v) is 3.22. The van der Waals surface area contributed by atoms with Gasteiger partial charge in [0.05, 0.1) is 0 Å². The Morgan fingerprint density at radius 2 is 2.11 bits per heavy atom. The predicted molar refractivity (Wildman–Crippen MR) is 73.4 cm³/mol. The molecule has 0 aliphatic carbocycles. The van der Waals surface area contributed by atoms with Gasteiger partial charge in [-0.25, -0.2) is 0 Å². The minimum atomic E-state index is -0.334. The standard InChI is InChI=1S/C13H20N4O2/c1-10-2-3-11(13(19)16-10)12(18)15-6-9-17-7-4-14-5-8-17/h2-3,14H,4-9H2,1H3,(H,15,18)(H,16,19). The highest BCUT2D eigenvalue weighted by Gasteiger charge is 2.12. The zero-order valence-corrected chi connectivity index (χ0v) is 11.2. The fourth-order valence-corrected chi connectivity index (χ4v) is 2.11. The fourth-order valence-electron chi connectivity index (χ4n) is 2.11. The van der Waals surface area contributed by atoms with Crippen molar-refractivity contribution < 1.29 is 4.79 Å². The first-order valence-corrected chi connectivity index (χ1v) is 6.58. The highest BCUT2D eigenvalue weighted by atomic mass is 16.2. The Balaban J connectivity index is 1.82. The van der Waals surface area contributed by atoms with Crippen molar-refractivity contribution in [2.75, 3.05) is 39.3 Å². The van der Waals surface area contributed by atoms with Crippen LogP contribution in [-0.2, 0) is 0 Å². The maximum absolute atomic E-state index is 11.9. The van der Waals surface area contributed by atoms with E-state index in [0.29, 0.717) is 6.54 Å². The van der Waals surface area contributed by atoms with Crippen LogP contribution >= 0.6 is 0 Å². The maximum atomic E-state index is 11.9. The number of carbonyl (C=O) groups is 1. The Morgan fingerprint density at radius 3 is 2.79 bits per heavy atom. The van der Waals surface area contributed by atoms with Crippen LogP contribution in [0, 0.1) is 6.92 Å². The van der Waals surface area contributed by atoms with Gasteiger partial charge >= 0.3 is 0 Å². The molecule has 3 N–H and O–H groups in total. The van der Waals surface area contributed by atoms with Gasteiger partial charge in [0.15, 0.2) is 0 Å². The molecule has 1 aliphatic rings. The van der Waals surface area contributed by atoms with Crippen LogP contribution in [0.2, 0.25) is 0 Å². The first-order chi connectivity index (χ1) is 9.16. The highest BCUT2D eigenvalue weighted by Crippen LogP contribution is 1.94. The van der Waals surface area contributed by atoms with Gasteiger partial charge in [0.2, 0.25) is 0 Å². The summed E-state index contributed by atoms with van der Waals surface area (Å²) in [6, 6.07) is 3.29. The number of hydrogen-bond acceptors (Lipinski definition) is 4. The van der Waals surface area contributed by atoms with Crippen molar-refractivity contribution in [2.45, 2.75) is 6.92 Å². The van der Waals surface area contributed by atoms with Crippen molar-refractivity contribution in [1.82, 2.24) is 20.5 Å². The molecule has 104 valence electrons. The van der Waals surface area contributed by atoms with E-state index in [0.717, 1.165) is 38.4 Å². The van der Waals surface area contributed by atoms with Crippen molar-refractivity contribution in [3.63, 3.8) is 0 Å². The number of nitrogens with zero attached hydrogens (tertiary/aromatic N) is 1. The largest absolute Gasteiger partial charge is 0.351 e. The van der Waals surface area contributed by atoms with Gasteiger partial charge in [0.25, 0.3) is 11.5 Å². The Kier molecular flexibility index (Phi) is 4.70. The molecule has 1 aromatic heterocycles. The number of piperazine rings is 1. The molecular formula is C13H20N4O2. The van der Waals surface area contributed by atoms with Crippen molar-refractivity contribution in [3.8, 4) is 0 Å². The number of hydrogen-bond donors (Lipinski definition) is 3. The number of H-pyrrole nitrogens is 1. The summed E-state index contributed by atoms with van der Waals surface area (Å²) in [4.78, 5) is 28.4. The molecule has 0 atom stereocenters. The van der Waals surface area contributed by atoms with E-state index in [9.17, 15) is 9.59 Å². The average molecular weight is 264 g/mol. The van der Waals surface area contributed by atoms with E-state index in [1.54, 1.807) is 19.1 Å². The Bertz CT molecular complexity index is 492. The van der Waals surface area contributed by atoms with E-state index in [2.05, 4.69) is 20.5 Å². The number of aryl methyl sites for hydroxylation is 1. The molecule has 0 unspecified atom stereocenters. The molecule has 1 aromatic rings. The normalized spacial score (nSPS) is 16.3. The molecule has 0 saturated carbocycles. The summed E-state index contributed by atoms with van der Waals surface area (Å²) in [5.74, 6) is -0.309. The first-order valence-electron chi connectivity index (χ1n) is 6.58. The van der Waals surface area contributed by atoms with Crippen LogP contribution in [0.4, 0.5) is 0 Å². The number of aromatic nitrogens is 1. The quantitative estimate of drug-likeness (QED) is 0.673. The van der Waals surface area contributed by atoms with Gasteiger partial charge in [-0.15, -0.1) is 0 Å². The van der Waals surface area contributed by atoms with Crippen LogP contribution in [0.3, 0.4) is 0 Å². The molecule has 2 heterocycles. The van der Waals surface area contributed by atoms with Crippen molar-refractivity contribution in [2.24, 2.45) is 0 Å². The third kappa shape index (κ3) is 3.90. The van der Waals surface area contributed by atoms with E-state index < -0.39 is 0 Å². The lowest BCUT2D eigenvalue weighted by atomic mass is 10.2. The van der Waals surface area contributed by atoms with Gasteiger partial charge in [0.1, 0.15) is 5.56 Å². The van der Waals surface area contributed by atoms with Crippen LogP contribution < -0.4 is 16.2 Å². The van der Waals surface area contributed by atoms with E-state index >= 15 is 0 Å². The van der Waals surface area contributed by atoms with Crippen LogP contribution in [0.1, 0.15) is 16.1 Å². The molecule has 0 bridgehead atoms. The van der Waals surface area contributed by atoms with E-state index in [1.807, 2.05) is 0 Å². The lowest BCUT2D eigenvalue weighted by molar-refractivity contribution is 0.0945. The number of nitrogens with one attached hydrogen (secondary N) is 3. The molecule has 19 heavy (non-hydrogen) atoms. The van der Waals surface area contributed by atoms with Gasteiger partial charge in [-0.05, 0) is 19.1 Å². The van der Waals surface area contributed by atoms with Crippen molar-refractivity contribution >= 4 is 5.91 Å². The zero-order valence-electron chi connectivity index (χ0n) is 11.2. The number of pyridine rings is 1. The number of carbonyl (C=O) groups excluding carboxylic acids is 1. The summed E-state index contributed by atoms with van der Waals surface area (Å²) < 4.78 is 0. The van der Waals surface area contributed by atoms with Crippen LogP contribution in [0.15, 0.2) is 16.9 Å². The summed E-state index contributed by atoms with van der Waals surface area (Å²) >= 11 is 0. The zero-order chi connectivity index (χ0) is 13.7. The summed E-state index contributed by atoms with van der Waals surface area (Å²) in [6.07, 6.45) is 0. The van der Waals surface area contributed by atoms with Crippen LogP contribution in [0.25, 0.3) is 0 Å². The Hall–Kier alpha value is -1.66. The third-order valence-electron chi connectivity index (χ3n) is 3.22. The van der Waals surface area contributed by atoms with Gasteiger partial charge in [-0.1, -0.05) is 0 Å². The minimum absolute atomic E-state index is 0.172. The number of rotatable bonds is 4. The lowest BCUT2D eigenvalue weighted by Crippen LogP contribution is -2.46. The fraction of sp³-hybridized carbons (Fsp3) is 0.538. The summed E-state index contributed by atoms with van der Waals surface area (Å²) in [5, 5.41) is 6.06. The second-order valence-corrected chi connectivity index (χ2v) is 4.73. The molecule has 1 aliphatic heterocycles. The molecule has 2 rings (SSSR count). The van der Waals surface area contributed by atoms with Crippen LogP contribution in [0.5, 0.6) is 0 Å². The van der Waals surface area contributed by atoms with Gasteiger partial charge in [-0.2, -0.15) is 0 Å². The average Bonchev–Trinajstić information content (AvgIpc) is 2.39.